The van der Waals surface area contributed by atoms with Gasteiger partial charge in [-0.3, -0.25) is 9.78 Å². The van der Waals surface area contributed by atoms with Gasteiger partial charge in [-0.05, 0) is 25.2 Å². The molecule has 3 N–H and O–H groups in total. The third-order valence-corrected chi connectivity index (χ3v) is 8.26. The zero-order valence-electron chi connectivity index (χ0n) is 22.9. The molecule has 0 aromatic carbocycles. The number of aliphatic hydroxyl groups excluding tert-OH is 1. The average Bonchev–Trinajstić information content (AvgIpc) is 3.59. The summed E-state index contributed by atoms with van der Waals surface area (Å²) in [5.74, 6) is 0.184. The lowest BCUT2D eigenvalue weighted by molar-refractivity contribution is -0.122. The summed E-state index contributed by atoms with van der Waals surface area (Å²) in [5, 5.41) is 18.3. The third-order valence-electron chi connectivity index (χ3n) is 6.31. The second-order valence-corrected chi connectivity index (χ2v) is 11.5. The molecule has 0 aliphatic heterocycles. The number of hydrogen-bond donors (Lipinski definition) is 3. The van der Waals surface area contributed by atoms with Crippen molar-refractivity contribution >= 4 is 40.6 Å². The number of hydrogen-bond acceptors (Lipinski definition) is 9. The lowest BCUT2D eigenvalue weighted by Gasteiger charge is -2.24. The van der Waals surface area contributed by atoms with Gasteiger partial charge in [0.25, 0.3) is 0 Å². The maximum atomic E-state index is 12.9. The topological polar surface area (TPSA) is 134 Å². The van der Waals surface area contributed by atoms with Crippen LogP contribution in [-0.2, 0) is 22.7 Å². The molecule has 0 radical (unpaired) electrons. The summed E-state index contributed by atoms with van der Waals surface area (Å²) < 4.78 is 5.26. The lowest BCUT2D eigenvalue weighted by Crippen LogP contribution is -2.48. The molecule has 0 aliphatic carbocycles. The number of alkyl carbamates (subject to hydrolysis) is 1. The molecule has 3 unspecified atom stereocenters. The summed E-state index contributed by atoms with van der Waals surface area (Å²) in [7, 11) is 1.64. The molecule has 0 spiro atoms. The second-order valence-electron chi connectivity index (χ2n) is 9.69. The van der Waals surface area contributed by atoms with Crippen molar-refractivity contribution in [1.82, 2.24) is 25.5 Å². The normalized spacial score (nSPS) is 13.6. The summed E-state index contributed by atoms with van der Waals surface area (Å²) in [6.07, 6.45) is 4.36. The first kappa shape index (κ1) is 31.6. The van der Waals surface area contributed by atoms with Gasteiger partial charge < -0.3 is 25.4 Å². The lowest BCUT2D eigenvalue weighted by atomic mass is 9.90. The minimum absolute atomic E-state index is 0.0692. The van der Waals surface area contributed by atoms with Crippen molar-refractivity contribution in [2.75, 3.05) is 13.7 Å². The van der Waals surface area contributed by atoms with Crippen LogP contribution in [0.25, 0.3) is 0 Å². The molecule has 2 aromatic rings. The zero-order chi connectivity index (χ0) is 28.1. The van der Waals surface area contributed by atoms with Gasteiger partial charge in [-0.1, -0.05) is 34.1 Å². The molecule has 2 heterocycles. The molecule has 3 atom stereocenters. The van der Waals surface area contributed by atoms with E-state index in [9.17, 15) is 19.5 Å². The van der Waals surface area contributed by atoms with Gasteiger partial charge in [0.15, 0.2) is 5.78 Å². The van der Waals surface area contributed by atoms with E-state index in [1.54, 1.807) is 30.1 Å². The molecule has 12 heteroatoms. The molecule has 0 saturated heterocycles. The molecule has 0 bridgehead atoms. The van der Waals surface area contributed by atoms with Gasteiger partial charge in [0.2, 0.25) is 0 Å². The number of nitrogens with one attached hydrogen (secondary N) is 2. The first-order valence-electron chi connectivity index (χ1n) is 13.1. The highest BCUT2D eigenvalue weighted by atomic mass is 32.1. The van der Waals surface area contributed by atoms with Gasteiger partial charge in [0.1, 0.15) is 12.6 Å². The number of aliphatic hydroxyl groups is 1. The van der Waals surface area contributed by atoms with Crippen molar-refractivity contribution in [2.24, 2.45) is 5.92 Å². The summed E-state index contributed by atoms with van der Waals surface area (Å²) in [6, 6.07) is -1.48. The number of rotatable bonds is 16. The third kappa shape index (κ3) is 10.7. The number of aromatic nitrogens is 2. The number of urea groups is 1. The van der Waals surface area contributed by atoms with Crippen molar-refractivity contribution in [1.29, 1.82) is 0 Å². The molecule has 212 valence electrons. The largest absolute Gasteiger partial charge is 0.444 e. The van der Waals surface area contributed by atoms with E-state index < -0.39 is 24.8 Å². The Morgan fingerprint density at radius 2 is 1.89 bits per heavy atom. The zero-order valence-corrected chi connectivity index (χ0v) is 24.6. The average molecular weight is 568 g/mol. The van der Waals surface area contributed by atoms with Crippen LogP contribution >= 0.6 is 22.7 Å². The van der Waals surface area contributed by atoms with E-state index in [1.165, 1.54) is 16.2 Å². The highest BCUT2D eigenvalue weighted by molar-refractivity contribution is 7.09. The van der Waals surface area contributed by atoms with E-state index in [0.29, 0.717) is 18.9 Å². The predicted octanol–water partition coefficient (Wildman–Crippen LogP) is 4.70. The van der Waals surface area contributed by atoms with Gasteiger partial charge >= 0.3 is 12.1 Å². The van der Waals surface area contributed by atoms with Gasteiger partial charge in [-0.15, -0.1) is 22.7 Å². The Balaban J connectivity index is 1.80. The Morgan fingerprint density at radius 1 is 1.13 bits per heavy atom. The van der Waals surface area contributed by atoms with Crippen LogP contribution in [0, 0.1) is 5.92 Å². The van der Waals surface area contributed by atoms with Gasteiger partial charge in [-0.2, -0.15) is 0 Å². The van der Waals surface area contributed by atoms with Crippen molar-refractivity contribution in [3.8, 4) is 0 Å². The smallest absolute Gasteiger partial charge is 0.407 e. The number of ketones is 1. The summed E-state index contributed by atoms with van der Waals surface area (Å²) in [5.41, 5.74) is 2.48. The van der Waals surface area contributed by atoms with E-state index in [2.05, 4.69) is 34.4 Å². The summed E-state index contributed by atoms with van der Waals surface area (Å²) >= 11 is 2.99. The molecule has 2 aromatic heterocycles. The molecule has 0 saturated carbocycles. The number of thiazole rings is 2. The first-order chi connectivity index (χ1) is 18.2. The van der Waals surface area contributed by atoms with Gasteiger partial charge in [0, 0.05) is 37.0 Å². The molecule has 38 heavy (non-hydrogen) atoms. The SMILES string of the molecule is CCC(CCC(CC)NC(=O)OCc1cncs1)CC(=O)C(CO)NC(=O)N(C)Cc1csc(C(C)C)n1. The highest BCUT2D eigenvalue weighted by Crippen LogP contribution is 2.21. The fraction of sp³-hybridized carbons (Fsp3) is 0.654. The second kappa shape index (κ2) is 16.4. The van der Waals surface area contributed by atoms with Crippen molar-refractivity contribution < 1.29 is 24.2 Å². The number of ether oxygens (including phenoxy) is 1. The summed E-state index contributed by atoms with van der Waals surface area (Å²) in [4.78, 5) is 48.6. The maximum Gasteiger partial charge on any atom is 0.407 e. The van der Waals surface area contributed by atoms with E-state index in [1.807, 2.05) is 19.2 Å². The van der Waals surface area contributed by atoms with Crippen LogP contribution in [0.4, 0.5) is 9.59 Å². The highest BCUT2D eigenvalue weighted by Gasteiger charge is 2.25. The summed E-state index contributed by atoms with van der Waals surface area (Å²) in [6.45, 7) is 8.17. The Hall–Kier alpha value is -2.57. The number of nitrogens with zero attached hydrogens (tertiary/aromatic N) is 3. The Kier molecular flexibility index (Phi) is 13.7. The number of carbonyl (C=O) groups is 3. The van der Waals surface area contributed by atoms with Crippen molar-refractivity contribution in [3.63, 3.8) is 0 Å². The maximum absolute atomic E-state index is 12.9. The quantitative estimate of drug-likeness (QED) is 0.268. The molecular formula is C26H41N5O5S2. The molecule has 0 fully saturated rings. The number of amides is 3. The van der Waals surface area contributed by atoms with Crippen LogP contribution in [0.3, 0.4) is 0 Å². The fourth-order valence-electron chi connectivity index (χ4n) is 3.81. The van der Waals surface area contributed by atoms with Crippen molar-refractivity contribution in [3.05, 3.63) is 32.7 Å². The fourth-order valence-corrected chi connectivity index (χ4v) is 5.15. The van der Waals surface area contributed by atoms with Crippen LogP contribution in [0.5, 0.6) is 0 Å². The molecule has 0 aliphatic rings. The van der Waals surface area contributed by atoms with E-state index in [-0.39, 0.29) is 30.8 Å². The Bertz CT molecular complexity index is 998. The minimum Gasteiger partial charge on any atom is -0.444 e. The van der Waals surface area contributed by atoms with Crippen LogP contribution in [0.2, 0.25) is 0 Å². The van der Waals surface area contributed by atoms with Crippen molar-refractivity contribution in [2.45, 2.75) is 91.0 Å². The van der Waals surface area contributed by atoms with Gasteiger partial charge in [0.05, 0.1) is 34.2 Å². The van der Waals surface area contributed by atoms with E-state index >= 15 is 0 Å². The Labute approximate surface area is 233 Å². The number of carbonyl (C=O) groups excluding carboxylic acids is 3. The molecule has 2 rings (SSSR count). The van der Waals surface area contributed by atoms with E-state index in [0.717, 1.165) is 34.8 Å². The predicted molar refractivity (Wildman–Crippen MR) is 149 cm³/mol. The first-order valence-corrected chi connectivity index (χ1v) is 14.8. The molecule has 3 amide bonds. The van der Waals surface area contributed by atoms with E-state index in [4.69, 9.17) is 4.74 Å². The van der Waals surface area contributed by atoms with Crippen LogP contribution in [-0.4, -0.2) is 63.6 Å². The number of Topliss-reactive ketones (excluding diaryl/α,β-unsaturated/α-hetero) is 1. The van der Waals surface area contributed by atoms with Gasteiger partial charge in [-0.25, -0.2) is 14.6 Å². The molecular weight excluding hydrogens is 526 g/mol. The standard InChI is InChI=1S/C26H41N5O5S2/c1-6-18(8-9-19(7-2)29-26(35)36-14-21-11-27-16-38-21)10-23(33)22(13-32)30-25(34)31(5)12-20-15-37-24(28-20)17(3)4/h11,15-19,22,32H,6-10,12-14H2,1-5H3,(H,29,35)(H,30,34). The Morgan fingerprint density at radius 3 is 2.47 bits per heavy atom. The molecule has 10 nitrogen and oxygen atoms in total. The van der Waals surface area contributed by atoms with Crippen LogP contribution < -0.4 is 10.6 Å². The monoisotopic (exact) mass is 567 g/mol. The van der Waals surface area contributed by atoms with Crippen LogP contribution in [0.1, 0.15) is 81.3 Å². The van der Waals surface area contributed by atoms with Crippen LogP contribution in [0.15, 0.2) is 17.1 Å². The minimum atomic E-state index is -0.970.